The predicted molar refractivity (Wildman–Crippen MR) is 72.6 cm³/mol. The van der Waals surface area contributed by atoms with E-state index in [-0.39, 0.29) is 17.2 Å². The van der Waals surface area contributed by atoms with Crippen LogP contribution in [-0.2, 0) is 4.79 Å². The van der Waals surface area contributed by atoms with Crippen LogP contribution in [0.3, 0.4) is 0 Å². The monoisotopic (exact) mass is 265 g/mol. The van der Waals surface area contributed by atoms with Crippen molar-refractivity contribution in [1.82, 2.24) is 0 Å². The van der Waals surface area contributed by atoms with Crippen LogP contribution in [0.5, 0.6) is 0 Å². The summed E-state index contributed by atoms with van der Waals surface area (Å²) in [6.45, 7) is 6.08. The van der Waals surface area contributed by atoms with E-state index in [4.69, 9.17) is 0 Å². The molecular weight excluding hydrogens is 245 g/mol. The van der Waals surface area contributed by atoms with E-state index in [1.807, 2.05) is 6.92 Å². The molecule has 1 fully saturated rings. The minimum absolute atomic E-state index is 0.0109. The second-order valence-electron chi connectivity index (χ2n) is 6.36. The Hall–Kier alpha value is -1.58. The van der Waals surface area contributed by atoms with Gasteiger partial charge in [-0.05, 0) is 42.4 Å². The first-order valence-electron chi connectivity index (χ1n) is 6.52. The summed E-state index contributed by atoms with van der Waals surface area (Å²) in [5.41, 5.74) is -0.526. The Kier molecular flexibility index (Phi) is 3.29. The molecule has 1 saturated carbocycles. The molecule has 0 radical (unpaired) electrons. The van der Waals surface area contributed by atoms with Crippen LogP contribution in [0.15, 0.2) is 24.3 Å². The Bertz CT molecular complexity index is 501. The number of carbonyl (C=O) groups is 1. The molecule has 2 rings (SSSR count). The average Bonchev–Trinajstić information content (AvgIpc) is 2.49. The summed E-state index contributed by atoms with van der Waals surface area (Å²) in [6, 6.07) is 5.97. The summed E-state index contributed by atoms with van der Waals surface area (Å²) >= 11 is 0. The summed E-state index contributed by atoms with van der Waals surface area (Å²) < 4.78 is 13.2. The van der Waals surface area contributed by atoms with Crippen molar-refractivity contribution in [1.29, 1.82) is 0 Å². The van der Waals surface area contributed by atoms with Gasteiger partial charge in [-0.3, -0.25) is 0 Å². The van der Waals surface area contributed by atoms with Crippen molar-refractivity contribution in [2.75, 3.05) is 5.32 Å². The summed E-state index contributed by atoms with van der Waals surface area (Å²) in [6.07, 6.45) is 1.37. The number of carboxylic acid groups (broad SMARTS) is 1. The highest BCUT2D eigenvalue weighted by Gasteiger charge is 2.53. The van der Waals surface area contributed by atoms with Gasteiger partial charge in [0, 0.05) is 5.69 Å². The van der Waals surface area contributed by atoms with Crippen LogP contribution in [0.4, 0.5) is 10.1 Å². The second-order valence-corrected chi connectivity index (χ2v) is 6.36. The van der Waals surface area contributed by atoms with Crippen LogP contribution in [0, 0.1) is 17.2 Å². The minimum Gasteiger partial charge on any atom is -0.479 e. The van der Waals surface area contributed by atoms with E-state index in [1.165, 1.54) is 12.1 Å². The Morgan fingerprint density at radius 1 is 1.47 bits per heavy atom. The summed E-state index contributed by atoms with van der Waals surface area (Å²) in [5, 5.41) is 12.7. The smallest absolute Gasteiger partial charge is 0.329 e. The molecule has 0 spiro atoms. The maximum Gasteiger partial charge on any atom is 0.329 e. The lowest BCUT2D eigenvalue weighted by Crippen LogP contribution is -2.49. The third-order valence-corrected chi connectivity index (χ3v) is 4.03. The van der Waals surface area contributed by atoms with Crippen molar-refractivity contribution in [3.05, 3.63) is 30.1 Å². The average molecular weight is 265 g/mol. The van der Waals surface area contributed by atoms with E-state index in [2.05, 4.69) is 19.2 Å². The highest BCUT2D eigenvalue weighted by Crippen LogP contribution is 2.49. The van der Waals surface area contributed by atoms with E-state index >= 15 is 0 Å². The molecule has 1 aromatic rings. The topological polar surface area (TPSA) is 49.3 Å². The zero-order valence-electron chi connectivity index (χ0n) is 11.5. The number of halogens is 1. The number of rotatable bonds is 3. The van der Waals surface area contributed by atoms with Crippen molar-refractivity contribution in [3.63, 3.8) is 0 Å². The summed E-state index contributed by atoms with van der Waals surface area (Å²) in [4.78, 5) is 11.8. The SMILES string of the molecule is CC1CC(C)(C)CC1(Nc1cccc(F)c1)C(=O)O. The van der Waals surface area contributed by atoms with E-state index in [1.54, 1.807) is 12.1 Å². The molecule has 0 aliphatic heterocycles. The van der Waals surface area contributed by atoms with Crippen LogP contribution in [0.1, 0.15) is 33.6 Å². The third kappa shape index (κ3) is 2.57. The lowest BCUT2D eigenvalue weighted by molar-refractivity contribution is -0.143. The van der Waals surface area contributed by atoms with Crippen LogP contribution in [0.25, 0.3) is 0 Å². The molecule has 0 bridgehead atoms. The fourth-order valence-corrected chi connectivity index (χ4v) is 3.34. The lowest BCUT2D eigenvalue weighted by Gasteiger charge is -2.32. The molecule has 2 unspecified atom stereocenters. The van der Waals surface area contributed by atoms with Crippen molar-refractivity contribution < 1.29 is 14.3 Å². The molecule has 19 heavy (non-hydrogen) atoms. The van der Waals surface area contributed by atoms with Gasteiger partial charge in [0.2, 0.25) is 0 Å². The van der Waals surface area contributed by atoms with Crippen molar-refractivity contribution in [2.45, 2.75) is 39.2 Å². The van der Waals surface area contributed by atoms with Crippen molar-refractivity contribution in [2.24, 2.45) is 11.3 Å². The maximum absolute atomic E-state index is 13.2. The Labute approximate surface area is 112 Å². The number of hydrogen-bond donors (Lipinski definition) is 2. The molecule has 0 heterocycles. The Morgan fingerprint density at radius 2 is 2.16 bits per heavy atom. The number of anilines is 1. The molecule has 0 aromatic heterocycles. The van der Waals surface area contributed by atoms with Gasteiger partial charge in [0.25, 0.3) is 0 Å². The van der Waals surface area contributed by atoms with Gasteiger partial charge in [-0.25, -0.2) is 9.18 Å². The maximum atomic E-state index is 13.2. The van der Waals surface area contributed by atoms with Gasteiger partial charge in [0.15, 0.2) is 0 Å². The van der Waals surface area contributed by atoms with Gasteiger partial charge >= 0.3 is 5.97 Å². The van der Waals surface area contributed by atoms with Crippen LogP contribution >= 0.6 is 0 Å². The zero-order valence-corrected chi connectivity index (χ0v) is 11.5. The number of benzene rings is 1. The molecule has 0 amide bonds. The molecule has 2 atom stereocenters. The van der Waals surface area contributed by atoms with Gasteiger partial charge in [0.1, 0.15) is 11.4 Å². The van der Waals surface area contributed by atoms with Gasteiger partial charge in [-0.1, -0.05) is 26.8 Å². The van der Waals surface area contributed by atoms with E-state index in [0.29, 0.717) is 12.1 Å². The fourth-order valence-electron chi connectivity index (χ4n) is 3.34. The first-order valence-corrected chi connectivity index (χ1v) is 6.52. The van der Waals surface area contributed by atoms with E-state index in [0.717, 1.165) is 6.42 Å². The largest absolute Gasteiger partial charge is 0.479 e. The summed E-state index contributed by atoms with van der Waals surface area (Å²) in [7, 11) is 0. The standard InChI is InChI=1S/C15H20FNO2/c1-10-8-14(2,3)9-15(10,13(18)19)17-12-6-4-5-11(16)7-12/h4-7,10,17H,8-9H2,1-3H3,(H,18,19). The fraction of sp³-hybridized carbons (Fsp3) is 0.533. The molecule has 3 nitrogen and oxygen atoms in total. The number of hydrogen-bond acceptors (Lipinski definition) is 2. The molecule has 0 saturated heterocycles. The molecule has 1 aliphatic carbocycles. The molecular formula is C15H20FNO2. The third-order valence-electron chi connectivity index (χ3n) is 4.03. The van der Waals surface area contributed by atoms with Gasteiger partial charge in [-0.15, -0.1) is 0 Å². The molecule has 2 N–H and O–H groups in total. The van der Waals surface area contributed by atoms with E-state index < -0.39 is 11.5 Å². The van der Waals surface area contributed by atoms with Crippen LogP contribution < -0.4 is 5.32 Å². The molecule has 1 aromatic carbocycles. The van der Waals surface area contributed by atoms with Gasteiger partial charge < -0.3 is 10.4 Å². The normalized spacial score (nSPS) is 29.2. The van der Waals surface area contributed by atoms with Gasteiger partial charge in [0.05, 0.1) is 0 Å². The quantitative estimate of drug-likeness (QED) is 0.879. The van der Waals surface area contributed by atoms with Gasteiger partial charge in [-0.2, -0.15) is 0 Å². The lowest BCUT2D eigenvalue weighted by atomic mass is 9.86. The Morgan fingerprint density at radius 3 is 2.63 bits per heavy atom. The summed E-state index contributed by atoms with van der Waals surface area (Å²) in [5.74, 6) is -1.24. The number of carboxylic acids is 1. The molecule has 1 aliphatic rings. The van der Waals surface area contributed by atoms with E-state index in [9.17, 15) is 14.3 Å². The molecule has 104 valence electrons. The second kappa shape index (κ2) is 4.51. The first kappa shape index (κ1) is 13.8. The van der Waals surface area contributed by atoms with Crippen molar-refractivity contribution >= 4 is 11.7 Å². The predicted octanol–water partition coefficient (Wildman–Crippen LogP) is 3.52. The van der Waals surface area contributed by atoms with Crippen LogP contribution in [0.2, 0.25) is 0 Å². The number of aliphatic carboxylic acids is 1. The highest BCUT2D eigenvalue weighted by atomic mass is 19.1. The first-order chi connectivity index (χ1) is 8.75. The van der Waals surface area contributed by atoms with Crippen LogP contribution in [-0.4, -0.2) is 16.6 Å². The minimum atomic E-state index is -1.02. The highest BCUT2D eigenvalue weighted by molar-refractivity contribution is 5.84. The Balaban J connectivity index is 2.34. The number of nitrogens with one attached hydrogen (secondary N) is 1. The van der Waals surface area contributed by atoms with Crippen molar-refractivity contribution in [3.8, 4) is 0 Å². The molecule has 4 heteroatoms. The zero-order chi connectivity index (χ0) is 14.3.